The van der Waals surface area contributed by atoms with E-state index in [0.29, 0.717) is 10.0 Å². The van der Waals surface area contributed by atoms with Gasteiger partial charge in [-0.1, -0.05) is 65.5 Å². The Hall–Kier alpha value is -1.69. The molecular weight excluding hydrogens is 463 g/mol. The molecule has 174 valence electrons. The van der Waals surface area contributed by atoms with Crippen molar-refractivity contribution in [3.63, 3.8) is 0 Å². The molecule has 0 aliphatic heterocycles. The number of thioether (sulfide) groups is 1. The van der Waals surface area contributed by atoms with Crippen molar-refractivity contribution in [2.75, 3.05) is 5.75 Å². The van der Waals surface area contributed by atoms with E-state index in [0.717, 1.165) is 17.7 Å². The second kappa shape index (κ2) is 12.5. The molecule has 4 nitrogen and oxygen atoms in total. The molecule has 0 heterocycles. The molecule has 7 heteroatoms. The summed E-state index contributed by atoms with van der Waals surface area (Å²) >= 11 is 13.8. The van der Waals surface area contributed by atoms with Crippen LogP contribution in [0.3, 0.4) is 0 Å². The monoisotopic (exact) mass is 494 g/mol. The first-order valence-corrected chi connectivity index (χ1v) is 12.7. The predicted octanol–water partition coefficient (Wildman–Crippen LogP) is 6.18. The number of hydrogen-bond donors (Lipinski definition) is 1. The molecule has 0 aliphatic carbocycles. The van der Waals surface area contributed by atoms with Gasteiger partial charge in [0.15, 0.2) is 0 Å². The van der Waals surface area contributed by atoms with Crippen molar-refractivity contribution in [3.05, 3.63) is 68.7 Å². The van der Waals surface area contributed by atoms with Crippen LogP contribution in [0, 0.1) is 13.8 Å². The maximum absolute atomic E-state index is 13.2. The quantitative estimate of drug-likeness (QED) is 0.429. The lowest BCUT2D eigenvalue weighted by atomic mass is 10.1. The first-order valence-electron chi connectivity index (χ1n) is 10.8. The second-order valence-electron chi connectivity index (χ2n) is 8.25. The number of rotatable bonds is 10. The van der Waals surface area contributed by atoms with Gasteiger partial charge in [0.1, 0.15) is 6.04 Å². The van der Waals surface area contributed by atoms with Gasteiger partial charge in [0, 0.05) is 18.3 Å². The molecule has 2 aromatic rings. The van der Waals surface area contributed by atoms with E-state index in [1.54, 1.807) is 35.7 Å². The molecule has 2 rings (SSSR count). The number of hydrogen-bond acceptors (Lipinski definition) is 3. The Kier molecular flexibility index (Phi) is 10.4. The second-order valence-corrected chi connectivity index (χ2v) is 10.1. The highest BCUT2D eigenvalue weighted by Crippen LogP contribution is 2.24. The summed E-state index contributed by atoms with van der Waals surface area (Å²) in [5, 5.41) is 3.86. The van der Waals surface area contributed by atoms with Gasteiger partial charge in [-0.25, -0.2) is 0 Å². The molecule has 0 unspecified atom stereocenters. The fourth-order valence-corrected chi connectivity index (χ4v) is 4.54. The number of benzene rings is 2. The molecule has 0 spiro atoms. The predicted molar refractivity (Wildman–Crippen MR) is 136 cm³/mol. The van der Waals surface area contributed by atoms with Crippen LogP contribution in [-0.4, -0.2) is 34.6 Å². The van der Waals surface area contributed by atoms with Gasteiger partial charge in [0.05, 0.1) is 15.8 Å². The number of nitrogens with zero attached hydrogens (tertiary/aromatic N) is 1. The lowest BCUT2D eigenvalue weighted by Crippen LogP contribution is -2.50. The molecule has 2 atom stereocenters. The summed E-state index contributed by atoms with van der Waals surface area (Å²) < 4.78 is 0. The minimum Gasteiger partial charge on any atom is -0.352 e. The Morgan fingerprint density at radius 3 is 2.25 bits per heavy atom. The van der Waals surface area contributed by atoms with Crippen LogP contribution in [-0.2, 0) is 21.9 Å². The largest absolute Gasteiger partial charge is 0.352 e. The van der Waals surface area contributed by atoms with Crippen LogP contribution >= 0.6 is 35.0 Å². The first kappa shape index (κ1) is 26.6. The van der Waals surface area contributed by atoms with Gasteiger partial charge in [-0.2, -0.15) is 0 Å². The van der Waals surface area contributed by atoms with E-state index in [4.69, 9.17) is 23.2 Å². The molecule has 0 radical (unpaired) electrons. The number of nitrogens with one attached hydrogen (secondary N) is 1. The summed E-state index contributed by atoms with van der Waals surface area (Å²) in [5.41, 5.74) is 4.45. The third kappa shape index (κ3) is 8.02. The van der Waals surface area contributed by atoms with Crippen LogP contribution in [0.5, 0.6) is 0 Å². The average Bonchev–Trinajstić information content (AvgIpc) is 2.73. The lowest BCUT2D eigenvalue weighted by Gasteiger charge is -2.29. The molecule has 0 bridgehead atoms. The first-order chi connectivity index (χ1) is 15.1. The molecular formula is C25H32Cl2N2O2S. The van der Waals surface area contributed by atoms with Gasteiger partial charge in [-0.05, 0) is 57.4 Å². The number of carbonyl (C=O) groups is 2. The minimum absolute atomic E-state index is 0.0470. The fourth-order valence-electron chi connectivity index (χ4n) is 3.37. The highest BCUT2D eigenvalue weighted by atomic mass is 35.5. The zero-order valence-corrected chi connectivity index (χ0v) is 21.7. The van der Waals surface area contributed by atoms with Crippen LogP contribution in [0.25, 0.3) is 0 Å². The molecule has 0 saturated heterocycles. The molecule has 2 amide bonds. The zero-order valence-electron chi connectivity index (χ0n) is 19.4. The van der Waals surface area contributed by atoms with E-state index in [1.807, 2.05) is 19.9 Å². The van der Waals surface area contributed by atoms with E-state index in [9.17, 15) is 9.59 Å². The Morgan fingerprint density at radius 1 is 1.00 bits per heavy atom. The normalized spacial score (nSPS) is 12.8. The maximum atomic E-state index is 13.2. The summed E-state index contributed by atoms with van der Waals surface area (Å²) in [4.78, 5) is 27.6. The Bertz CT molecular complexity index is 931. The van der Waals surface area contributed by atoms with Gasteiger partial charge in [-0.15, -0.1) is 11.8 Å². The van der Waals surface area contributed by atoms with E-state index < -0.39 is 6.04 Å². The summed E-state index contributed by atoms with van der Waals surface area (Å²) in [5.74, 6) is 0.779. The summed E-state index contributed by atoms with van der Waals surface area (Å²) in [6.45, 7) is 10.2. The zero-order chi connectivity index (χ0) is 23.8. The van der Waals surface area contributed by atoms with Crippen LogP contribution in [0.1, 0.15) is 49.4 Å². The van der Waals surface area contributed by atoms with Crippen molar-refractivity contribution >= 4 is 46.8 Å². The van der Waals surface area contributed by atoms with Crippen LogP contribution in [0.15, 0.2) is 36.4 Å². The van der Waals surface area contributed by atoms with Gasteiger partial charge >= 0.3 is 0 Å². The Balaban J connectivity index is 2.13. The minimum atomic E-state index is -0.604. The third-order valence-electron chi connectivity index (χ3n) is 5.28. The Morgan fingerprint density at radius 2 is 1.66 bits per heavy atom. The van der Waals surface area contributed by atoms with E-state index in [-0.39, 0.29) is 30.2 Å². The van der Waals surface area contributed by atoms with Gasteiger partial charge in [-0.3, -0.25) is 9.59 Å². The van der Waals surface area contributed by atoms with E-state index in [1.165, 1.54) is 16.7 Å². The third-order valence-corrected chi connectivity index (χ3v) is 7.01. The van der Waals surface area contributed by atoms with Crippen molar-refractivity contribution in [1.29, 1.82) is 0 Å². The summed E-state index contributed by atoms with van der Waals surface area (Å²) in [6, 6.07) is 11.1. The number of aryl methyl sites for hydroxylation is 2. The Labute approximate surface area is 206 Å². The average molecular weight is 496 g/mol. The van der Waals surface area contributed by atoms with E-state index in [2.05, 4.69) is 37.4 Å². The SMILES string of the molecule is CC[C@H](C)NC(=O)[C@H](C)N(Cc1ccc(Cl)c(Cl)c1)C(=O)CSCc1cc(C)cc(C)c1. The van der Waals surface area contributed by atoms with Crippen LogP contribution < -0.4 is 5.32 Å². The molecule has 0 saturated carbocycles. The van der Waals surface area contributed by atoms with Crippen LogP contribution in [0.4, 0.5) is 0 Å². The molecule has 1 N–H and O–H groups in total. The smallest absolute Gasteiger partial charge is 0.242 e. The van der Waals surface area contributed by atoms with Crippen molar-refractivity contribution < 1.29 is 9.59 Å². The van der Waals surface area contributed by atoms with Crippen LogP contribution in [0.2, 0.25) is 10.0 Å². The molecule has 2 aromatic carbocycles. The standard InChI is InChI=1S/C25H32Cl2N2O2S/c1-6-18(4)28-25(31)19(5)29(13-20-7-8-22(26)23(27)12-20)24(30)15-32-14-21-10-16(2)9-17(3)11-21/h7-12,18-19H,6,13-15H2,1-5H3,(H,28,31)/t18-,19-/m0/s1. The molecule has 32 heavy (non-hydrogen) atoms. The maximum Gasteiger partial charge on any atom is 0.242 e. The van der Waals surface area contributed by atoms with Crippen molar-refractivity contribution in [2.45, 2.75) is 65.4 Å². The van der Waals surface area contributed by atoms with Crippen molar-refractivity contribution in [1.82, 2.24) is 10.2 Å². The number of carbonyl (C=O) groups excluding carboxylic acids is 2. The molecule has 0 fully saturated rings. The highest BCUT2D eigenvalue weighted by Gasteiger charge is 2.26. The molecule has 0 aliphatic rings. The number of amides is 2. The van der Waals surface area contributed by atoms with Crippen molar-refractivity contribution in [2.24, 2.45) is 0 Å². The topological polar surface area (TPSA) is 49.4 Å². The van der Waals surface area contributed by atoms with Gasteiger partial charge in [0.2, 0.25) is 11.8 Å². The fraction of sp³-hybridized carbons (Fsp3) is 0.440. The van der Waals surface area contributed by atoms with Gasteiger partial charge < -0.3 is 10.2 Å². The van der Waals surface area contributed by atoms with E-state index >= 15 is 0 Å². The van der Waals surface area contributed by atoms with Gasteiger partial charge in [0.25, 0.3) is 0 Å². The molecule has 0 aromatic heterocycles. The van der Waals surface area contributed by atoms with Crippen molar-refractivity contribution in [3.8, 4) is 0 Å². The number of halogens is 2. The summed E-state index contributed by atoms with van der Waals surface area (Å²) in [6.07, 6.45) is 0.824. The lowest BCUT2D eigenvalue weighted by molar-refractivity contribution is -0.138. The summed E-state index contributed by atoms with van der Waals surface area (Å²) in [7, 11) is 0. The highest BCUT2D eigenvalue weighted by molar-refractivity contribution is 7.99.